The maximum absolute atomic E-state index is 10.7. The van der Waals surface area contributed by atoms with E-state index in [-0.39, 0.29) is 11.8 Å². The van der Waals surface area contributed by atoms with Crippen LogP contribution in [0.2, 0.25) is 0 Å². The van der Waals surface area contributed by atoms with E-state index in [2.05, 4.69) is 6.07 Å². The Balaban J connectivity index is 1.92. The lowest BCUT2D eigenvalue weighted by atomic mass is 10.0. The number of nitro benzene ring substituents is 1. The van der Waals surface area contributed by atoms with Gasteiger partial charge in [0.25, 0.3) is 5.69 Å². The number of hydrogen-bond acceptors (Lipinski definition) is 4. The monoisotopic (exact) mass is 306 g/mol. The largest absolute Gasteiger partial charge is 0.490 e. The van der Waals surface area contributed by atoms with Gasteiger partial charge in [-0.15, -0.1) is 0 Å². The van der Waals surface area contributed by atoms with E-state index < -0.39 is 4.92 Å². The minimum absolute atomic E-state index is 0.00899. The van der Waals surface area contributed by atoms with Gasteiger partial charge in [0, 0.05) is 18.6 Å². The fraction of sp³-hybridized carbons (Fsp3) is 0.167. The Morgan fingerprint density at radius 2 is 2.09 bits per heavy atom. The van der Waals surface area contributed by atoms with Gasteiger partial charge in [0.05, 0.1) is 16.6 Å². The molecule has 5 nitrogen and oxygen atoms in total. The molecule has 0 fully saturated rings. The Hall–Kier alpha value is -3.13. The van der Waals surface area contributed by atoms with Gasteiger partial charge in [-0.2, -0.15) is 5.26 Å². The standard InChI is InChI=1S/C18H14N2O3/c1-12-8-15-9-13(2-7-18(15)23-12)10-16(11-19)14-3-5-17(6-4-14)20(21)22/h2-7,9-10,12H,8H2,1H3/b16-10+/t12-/m0/s1. The number of non-ortho nitro benzene ring substituents is 1. The van der Waals surface area contributed by atoms with Crippen LogP contribution in [0.15, 0.2) is 42.5 Å². The lowest BCUT2D eigenvalue weighted by Gasteiger charge is -2.03. The molecule has 2 aromatic carbocycles. The van der Waals surface area contributed by atoms with Crippen molar-refractivity contribution < 1.29 is 9.66 Å². The maximum atomic E-state index is 10.7. The fourth-order valence-electron chi connectivity index (χ4n) is 2.64. The highest BCUT2D eigenvalue weighted by atomic mass is 16.6. The molecular weight excluding hydrogens is 292 g/mol. The van der Waals surface area contributed by atoms with Gasteiger partial charge in [-0.3, -0.25) is 10.1 Å². The van der Waals surface area contributed by atoms with E-state index in [1.165, 1.54) is 12.1 Å². The fourth-order valence-corrected chi connectivity index (χ4v) is 2.64. The van der Waals surface area contributed by atoms with Gasteiger partial charge in [0.15, 0.2) is 0 Å². The molecule has 2 aromatic rings. The van der Waals surface area contributed by atoms with Crippen molar-refractivity contribution in [3.05, 3.63) is 69.3 Å². The third-order valence-corrected chi connectivity index (χ3v) is 3.74. The van der Waals surface area contributed by atoms with Crippen molar-refractivity contribution in [2.45, 2.75) is 19.4 Å². The molecule has 0 saturated carbocycles. The summed E-state index contributed by atoms with van der Waals surface area (Å²) in [7, 11) is 0. The first kappa shape index (κ1) is 14.8. The maximum Gasteiger partial charge on any atom is 0.269 e. The van der Waals surface area contributed by atoms with Crippen LogP contribution in [0.5, 0.6) is 5.75 Å². The second-order valence-electron chi connectivity index (χ2n) is 5.47. The number of allylic oxidation sites excluding steroid dienone is 1. The highest BCUT2D eigenvalue weighted by Gasteiger charge is 2.18. The Kier molecular flexibility index (Phi) is 3.82. The van der Waals surface area contributed by atoms with Crippen molar-refractivity contribution in [1.29, 1.82) is 5.26 Å². The highest BCUT2D eigenvalue weighted by Crippen LogP contribution is 2.30. The number of hydrogen-bond donors (Lipinski definition) is 0. The van der Waals surface area contributed by atoms with Gasteiger partial charge in [-0.1, -0.05) is 6.07 Å². The molecule has 114 valence electrons. The van der Waals surface area contributed by atoms with Gasteiger partial charge in [0.2, 0.25) is 0 Å². The predicted octanol–water partition coefficient (Wildman–Crippen LogP) is 3.98. The molecule has 0 bridgehead atoms. The molecule has 0 amide bonds. The van der Waals surface area contributed by atoms with Gasteiger partial charge in [-0.25, -0.2) is 0 Å². The summed E-state index contributed by atoms with van der Waals surface area (Å²) in [5.74, 6) is 0.892. The van der Waals surface area contributed by atoms with Gasteiger partial charge in [-0.05, 0) is 54.0 Å². The summed E-state index contributed by atoms with van der Waals surface area (Å²) >= 11 is 0. The van der Waals surface area contributed by atoms with Crippen LogP contribution in [0.3, 0.4) is 0 Å². The van der Waals surface area contributed by atoms with Crippen LogP contribution in [-0.4, -0.2) is 11.0 Å². The number of rotatable bonds is 3. The van der Waals surface area contributed by atoms with Gasteiger partial charge in [0.1, 0.15) is 11.9 Å². The topological polar surface area (TPSA) is 76.2 Å². The van der Waals surface area contributed by atoms with Crippen molar-refractivity contribution in [1.82, 2.24) is 0 Å². The Morgan fingerprint density at radius 3 is 2.74 bits per heavy atom. The Labute approximate surface area is 133 Å². The van der Waals surface area contributed by atoms with Crippen molar-refractivity contribution in [3.8, 4) is 11.8 Å². The van der Waals surface area contributed by atoms with Crippen LogP contribution in [0, 0.1) is 21.4 Å². The third-order valence-electron chi connectivity index (χ3n) is 3.74. The molecule has 0 aliphatic carbocycles. The first-order valence-corrected chi connectivity index (χ1v) is 7.23. The van der Waals surface area contributed by atoms with Gasteiger partial charge < -0.3 is 4.74 Å². The molecule has 0 radical (unpaired) electrons. The molecule has 1 aliphatic rings. The van der Waals surface area contributed by atoms with Crippen LogP contribution < -0.4 is 4.74 Å². The van der Waals surface area contributed by atoms with Crippen LogP contribution >= 0.6 is 0 Å². The van der Waals surface area contributed by atoms with Crippen LogP contribution in [0.25, 0.3) is 11.6 Å². The number of nitro groups is 1. The minimum Gasteiger partial charge on any atom is -0.490 e. The molecule has 0 unspecified atom stereocenters. The summed E-state index contributed by atoms with van der Waals surface area (Å²) in [5, 5.41) is 20.1. The number of ether oxygens (including phenoxy) is 1. The SMILES string of the molecule is C[C@H]1Cc2cc(/C=C(\C#N)c3ccc([N+](=O)[O-])cc3)ccc2O1. The summed E-state index contributed by atoms with van der Waals surface area (Å²) in [6, 6.07) is 14.0. The van der Waals surface area contributed by atoms with E-state index >= 15 is 0 Å². The van der Waals surface area contributed by atoms with E-state index in [0.29, 0.717) is 11.1 Å². The molecule has 0 aromatic heterocycles. The molecule has 1 aliphatic heterocycles. The molecule has 1 heterocycles. The zero-order valence-corrected chi connectivity index (χ0v) is 12.5. The van der Waals surface area contributed by atoms with Crippen molar-refractivity contribution >= 4 is 17.3 Å². The molecule has 3 rings (SSSR count). The summed E-state index contributed by atoms with van der Waals surface area (Å²) < 4.78 is 5.66. The summed E-state index contributed by atoms with van der Waals surface area (Å²) in [6.45, 7) is 2.02. The summed E-state index contributed by atoms with van der Waals surface area (Å²) in [4.78, 5) is 10.2. The smallest absolute Gasteiger partial charge is 0.269 e. The van der Waals surface area contributed by atoms with E-state index in [0.717, 1.165) is 23.3 Å². The average Bonchev–Trinajstić information content (AvgIpc) is 2.92. The quantitative estimate of drug-likeness (QED) is 0.372. The van der Waals surface area contributed by atoms with Crippen molar-refractivity contribution in [2.24, 2.45) is 0 Å². The first-order chi connectivity index (χ1) is 11.1. The lowest BCUT2D eigenvalue weighted by molar-refractivity contribution is -0.384. The number of nitrogens with zero attached hydrogens (tertiary/aromatic N) is 2. The Morgan fingerprint density at radius 1 is 1.35 bits per heavy atom. The van der Waals surface area contributed by atoms with Gasteiger partial charge >= 0.3 is 0 Å². The lowest BCUT2D eigenvalue weighted by Crippen LogP contribution is -2.05. The molecule has 5 heteroatoms. The first-order valence-electron chi connectivity index (χ1n) is 7.23. The summed E-state index contributed by atoms with van der Waals surface area (Å²) in [5.41, 5.74) is 3.17. The molecular formula is C18H14N2O3. The highest BCUT2D eigenvalue weighted by molar-refractivity contribution is 5.89. The zero-order valence-electron chi connectivity index (χ0n) is 12.5. The van der Waals surface area contributed by atoms with E-state index in [9.17, 15) is 15.4 Å². The predicted molar refractivity (Wildman–Crippen MR) is 86.8 cm³/mol. The number of benzene rings is 2. The van der Waals surface area contributed by atoms with Crippen LogP contribution in [0.4, 0.5) is 5.69 Å². The number of nitriles is 1. The van der Waals surface area contributed by atoms with E-state index in [1.807, 2.05) is 25.1 Å². The minimum atomic E-state index is -0.457. The van der Waals surface area contributed by atoms with Crippen molar-refractivity contribution in [3.63, 3.8) is 0 Å². The average molecular weight is 306 g/mol. The summed E-state index contributed by atoms with van der Waals surface area (Å²) in [6.07, 6.45) is 2.82. The van der Waals surface area contributed by atoms with Crippen LogP contribution in [-0.2, 0) is 6.42 Å². The molecule has 23 heavy (non-hydrogen) atoms. The third kappa shape index (κ3) is 3.06. The van der Waals surface area contributed by atoms with E-state index in [4.69, 9.17) is 4.74 Å². The second-order valence-corrected chi connectivity index (χ2v) is 5.47. The molecule has 0 spiro atoms. The normalized spacial score (nSPS) is 16.3. The molecule has 0 N–H and O–H groups in total. The zero-order chi connectivity index (χ0) is 16.4. The second kappa shape index (κ2) is 5.93. The molecule has 1 atom stereocenters. The van der Waals surface area contributed by atoms with Crippen LogP contribution in [0.1, 0.15) is 23.6 Å². The molecule has 0 saturated heterocycles. The number of fused-ring (bicyclic) bond motifs is 1. The Bertz CT molecular complexity index is 832. The van der Waals surface area contributed by atoms with Crippen molar-refractivity contribution in [2.75, 3.05) is 0 Å². The van der Waals surface area contributed by atoms with E-state index in [1.54, 1.807) is 18.2 Å².